The second-order valence-electron chi connectivity index (χ2n) is 14.6. The highest BCUT2D eigenvalue weighted by molar-refractivity contribution is 6.88. The second kappa shape index (κ2) is 25.7. The van der Waals surface area contributed by atoms with Crippen molar-refractivity contribution in [2.75, 3.05) is 83.1 Å². The molecule has 0 bridgehead atoms. The van der Waals surface area contributed by atoms with E-state index in [9.17, 15) is 4.39 Å². The monoisotopic (exact) mass is 810 g/mol. The van der Waals surface area contributed by atoms with Gasteiger partial charge in [-0.25, -0.2) is 4.39 Å². The molecule has 0 aliphatic rings. The van der Waals surface area contributed by atoms with Crippen LogP contribution in [0.25, 0.3) is 0 Å². The van der Waals surface area contributed by atoms with Gasteiger partial charge in [0, 0.05) is 75.1 Å². The van der Waals surface area contributed by atoms with Gasteiger partial charge in [0.15, 0.2) is 23.5 Å². The highest BCUT2D eigenvalue weighted by Gasteiger charge is 2.43. The van der Waals surface area contributed by atoms with Crippen molar-refractivity contribution in [2.24, 2.45) is 0 Å². The van der Waals surface area contributed by atoms with Crippen LogP contribution in [-0.4, -0.2) is 134 Å². The lowest BCUT2D eigenvalue weighted by atomic mass is 10.5. The molecule has 296 valence electrons. The molecule has 0 atom stereocenters. The molecule has 49 heavy (non-hydrogen) atoms. The standard InChI is InChI=1S/C31H75FO11Si6/c1-33-21-22-40-19-14-23-44(8,9)42-46(12,13)43-45(10,11)24-16-26-47(25-15-20-41-31-32,27-17-29-48(34-2,35-3)36-4)28-18-30-49(37-5,38-6)39-7/h14-31H2,1-13H3. The maximum absolute atomic E-state index is 12.9. The Hall–Kier alpha value is 0.791. The summed E-state index contributed by atoms with van der Waals surface area (Å²) in [6.45, 7) is 15.4. The lowest BCUT2D eigenvalue weighted by Crippen LogP contribution is -2.52. The van der Waals surface area contributed by atoms with E-state index in [1.807, 2.05) is 0 Å². The highest BCUT2D eigenvalue weighted by atomic mass is 28.5. The summed E-state index contributed by atoms with van der Waals surface area (Å²) in [5.41, 5.74) is 0. The summed E-state index contributed by atoms with van der Waals surface area (Å²) >= 11 is 0. The summed E-state index contributed by atoms with van der Waals surface area (Å²) in [5, 5.41) is 0. The first-order chi connectivity index (χ1) is 23.0. The number of alkyl halides is 1. The summed E-state index contributed by atoms with van der Waals surface area (Å²) < 4.78 is 77.2. The molecule has 0 saturated carbocycles. The molecule has 0 unspecified atom stereocenters. The van der Waals surface area contributed by atoms with Gasteiger partial charge in [-0.2, -0.15) is 0 Å². The Morgan fingerprint density at radius 1 is 0.408 bits per heavy atom. The Morgan fingerprint density at radius 3 is 1.18 bits per heavy atom. The van der Waals surface area contributed by atoms with Crippen molar-refractivity contribution in [1.29, 1.82) is 0 Å². The molecule has 0 saturated heterocycles. The zero-order valence-corrected chi connectivity index (χ0v) is 39.6. The van der Waals surface area contributed by atoms with Gasteiger partial charge in [-0.15, -0.1) is 0 Å². The third kappa shape index (κ3) is 21.3. The van der Waals surface area contributed by atoms with Gasteiger partial charge in [0.05, 0.1) is 21.3 Å². The lowest BCUT2D eigenvalue weighted by molar-refractivity contribution is 0.0582. The Bertz CT molecular complexity index is 782. The third-order valence-corrected chi connectivity index (χ3v) is 32.1. The molecule has 0 aromatic carbocycles. The summed E-state index contributed by atoms with van der Waals surface area (Å²) in [6, 6.07) is 8.08. The van der Waals surface area contributed by atoms with Crippen molar-refractivity contribution >= 4 is 50.9 Å². The molecule has 0 aliphatic heterocycles. The van der Waals surface area contributed by atoms with Gasteiger partial charge in [0.1, 0.15) is 0 Å². The molecule has 0 aliphatic carbocycles. The quantitative estimate of drug-likeness (QED) is 0.0469. The summed E-state index contributed by atoms with van der Waals surface area (Å²) in [5.74, 6) is 0. The van der Waals surface area contributed by atoms with E-state index in [1.54, 1.807) is 49.8 Å². The topological polar surface area (TPSA) is 102 Å². The molecule has 0 radical (unpaired) electrons. The number of methoxy groups -OCH3 is 1. The van der Waals surface area contributed by atoms with Crippen LogP contribution in [0.1, 0.15) is 32.1 Å². The smallest absolute Gasteiger partial charge is 0.437 e. The van der Waals surface area contributed by atoms with Gasteiger partial charge in [-0.05, 0) is 64.2 Å². The van der Waals surface area contributed by atoms with E-state index in [0.29, 0.717) is 19.8 Å². The van der Waals surface area contributed by atoms with Gasteiger partial charge in [-0.1, -0.05) is 43.4 Å². The Balaban J connectivity index is 5.78. The zero-order valence-electron chi connectivity index (χ0n) is 33.6. The minimum Gasteiger partial charge on any atom is -0.437 e. The summed E-state index contributed by atoms with van der Waals surface area (Å²) in [6.07, 6.45) is 4.86. The van der Waals surface area contributed by atoms with Crippen LogP contribution < -0.4 is 0 Å². The fourth-order valence-electron chi connectivity index (χ4n) is 7.01. The molecule has 0 rings (SSSR count). The second-order valence-corrected chi connectivity index (χ2v) is 38.3. The number of hydrogen-bond acceptors (Lipinski definition) is 11. The molecule has 0 spiro atoms. The number of rotatable bonds is 34. The molecular weight excluding hydrogens is 736 g/mol. The van der Waals surface area contributed by atoms with Crippen molar-refractivity contribution in [3.8, 4) is 0 Å². The van der Waals surface area contributed by atoms with Gasteiger partial charge in [0.25, 0.3) is 0 Å². The molecule has 0 heterocycles. The van der Waals surface area contributed by atoms with Crippen LogP contribution in [0.2, 0.25) is 87.6 Å². The first-order valence-corrected chi connectivity index (χ1v) is 33.7. The minimum absolute atomic E-state index is 0.435. The van der Waals surface area contributed by atoms with Crippen molar-refractivity contribution in [3.05, 3.63) is 0 Å². The van der Waals surface area contributed by atoms with E-state index in [0.717, 1.165) is 87.1 Å². The van der Waals surface area contributed by atoms with Crippen LogP contribution in [0.5, 0.6) is 0 Å². The van der Waals surface area contributed by atoms with E-state index in [1.165, 1.54) is 0 Å². The lowest BCUT2D eigenvalue weighted by Gasteiger charge is -2.39. The fraction of sp³-hybridized carbons (Fsp3) is 1.00. The van der Waals surface area contributed by atoms with Crippen molar-refractivity contribution in [1.82, 2.24) is 0 Å². The van der Waals surface area contributed by atoms with E-state index in [2.05, 4.69) is 39.3 Å². The van der Waals surface area contributed by atoms with Gasteiger partial charge < -0.3 is 49.0 Å². The molecule has 0 amide bonds. The number of ether oxygens (including phenoxy) is 3. The fourth-order valence-corrected chi connectivity index (χ4v) is 30.7. The number of hydrogen-bond donors (Lipinski definition) is 0. The minimum atomic E-state index is -2.70. The molecular formula is C31H75FO11Si6. The summed E-state index contributed by atoms with van der Waals surface area (Å²) in [4.78, 5) is 0. The van der Waals surface area contributed by atoms with Crippen molar-refractivity contribution in [3.63, 3.8) is 0 Å². The molecule has 0 aromatic heterocycles. The van der Waals surface area contributed by atoms with E-state index in [-0.39, 0.29) is 0 Å². The first kappa shape index (κ1) is 49.8. The normalized spacial score (nSPS) is 13.8. The molecule has 0 aromatic rings. The predicted octanol–water partition coefficient (Wildman–Crippen LogP) is 7.89. The van der Waals surface area contributed by atoms with Gasteiger partial charge >= 0.3 is 26.2 Å². The zero-order chi connectivity index (χ0) is 37.5. The Labute approximate surface area is 306 Å². The predicted molar refractivity (Wildman–Crippen MR) is 210 cm³/mol. The van der Waals surface area contributed by atoms with E-state index < -0.39 is 57.7 Å². The molecule has 0 N–H and O–H groups in total. The van der Waals surface area contributed by atoms with Gasteiger partial charge in [-0.3, -0.25) is 0 Å². The van der Waals surface area contributed by atoms with Crippen LogP contribution >= 0.6 is 0 Å². The van der Waals surface area contributed by atoms with Crippen LogP contribution in [0.4, 0.5) is 4.39 Å². The SMILES string of the molecule is COCCOCCC[Si](C)(C)O[Si](C)(C)O[Si](C)(C)CCC[Si](CCCOCF)(CCC[Si](OC)(OC)OC)CCC[Si](OC)(OC)OC. The number of halogens is 1. The highest BCUT2D eigenvalue weighted by Crippen LogP contribution is 2.37. The van der Waals surface area contributed by atoms with Crippen molar-refractivity contribution in [2.45, 2.75) is 120 Å². The van der Waals surface area contributed by atoms with E-state index >= 15 is 0 Å². The van der Waals surface area contributed by atoms with Crippen LogP contribution in [0.15, 0.2) is 0 Å². The third-order valence-electron chi connectivity index (χ3n) is 9.35. The molecule has 0 fully saturated rings. The van der Waals surface area contributed by atoms with E-state index in [4.69, 9.17) is 49.0 Å². The Morgan fingerprint density at radius 2 is 0.776 bits per heavy atom. The van der Waals surface area contributed by atoms with Crippen LogP contribution in [-0.2, 0) is 49.0 Å². The average molecular weight is 811 g/mol. The van der Waals surface area contributed by atoms with Crippen LogP contribution in [0, 0.1) is 0 Å². The largest absolute Gasteiger partial charge is 0.500 e. The molecule has 11 nitrogen and oxygen atoms in total. The molecule has 18 heteroatoms. The maximum Gasteiger partial charge on any atom is 0.500 e. The summed E-state index contributed by atoms with van der Waals surface area (Å²) in [7, 11) is -1.86. The first-order valence-electron chi connectivity index (χ1n) is 17.9. The van der Waals surface area contributed by atoms with Gasteiger partial charge in [0.2, 0.25) is 0 Å². The van der Waals surface area contributed by atoms with Crippen LogP contribution in [0.3, 0.4) is 0 Å². The average Bonchev–Trinajstić information content (AvgIpc) is 3.04. The maximum atomic E-state index is 12.9. The Kier molecular flexibility index (Phi) is 26.2. The van der Waals surface area contributed by atoms with Crippen molar-refractivity contribution < 1.29 is 53.4 Å².